The Morgan fingerprint density at radius 1 is 0.955 bits per heavy atom. The first-order chi connectivity index (χ1) is 10.7. The van der Waals surface area contributed by atoms with Crippen LogP contribution < -0.4 is 10.6 Å². The standard InChI is InChI=1S/C17H35N5/c1-20-9-4-16(5-10-20)21(2)14-15-3-6-19-13-17(15)22-11-7-18-8-12-22/h15-19H,3-14H2,1-2H3. The molecule has 0 spiro atoms. The van der Waals surface area contributed by atoms with Crippen molar-refractivity contribution in [3.05, 3.63) is 0 Å². The lowest BCUT2D eigenvalue weighted by Gasteiger charge is -2.45. The molecule has 0 saturated carbocycles. The SMILES string of the molecule is CN1CCC(N(C)CC2CCNCC2N2CCNCC2)CC1. The summed E-state index contributed by atoms with van der Waals surface area (Å²) in [7, 11) is 4.62. The van der Waals surface area contributed by atoms with Crippen molar-refractivity contribution in [1.29, 1.82) is 0 Å². The van der Waals surface area contributed by atoms with Crippen molar-refractivity contribution < 1.29 is 0 Å². The molecule has 0 bridgehead atoms. The number of nitrogens with zero attached hydrogens (tertiary/aromatic N) is 3. The van der Waals surface area contributed by atoms with Crippen LogP contribution in [-0.2, 0) is 0 Å². The van der Waals surface area contributed by atoms with Crippen LogP contribution >= 0.6 is 0 Å². The van der Waals surface area contributed by atoms with Crippen molar-refractivity contribution in [2.45, 2.75) is 31.3 Å². The average molecular weight is 310 g/mol. The summed E-state index contributed by atoms with van der Waals surface area (Å²) in [4.78, 5) is 7.88. The number of nitrogens with one attached hydrogen (secondary N) is 2. The number of likely N-dealkylation sites (tertiary alicyclic amines) is 1. The zero-order chi connectivity index (χ0) is 15.4. The Labute approximate surface area is 136 Å². The van der Waals surface area contributed by atoms with Gasteiger partial charge in [-0.25, -0.2) is 0 Å². The monoisotopic (exact) mass is 309 g/mol. The first-order valence-electron chi connectivity index (χ1n) is 9.28. The molecular formula is C17H35N5. The maximum atomic E-state index is 3.63. The topological polar surface area (TPSA) is 33.8 Å². The molecule has 22 heavy (non-hydrogen) atoms. The lowest BCUT2D eigenvalue weighted by atomic mass is 9.89. The predicted octanol–water partition coefficient (Wildman–Crippen LogP) is -0.104. The Morgan fingerprint density at radius 3 is 2.41 bits per heavy atom. The molecule has 2 N–H and O–H groups in total. The zero-order valence-electron chi connectivity index (χ0n) is 14.6. The highest BCUT2D eigenvalue weighted by Gasteiger charge is 2.32. The highest BCUT2D eigenvalue weighted by Crippen LogP contribution is 2.23. The van der Waals surface area contributed by atoms with E-state index in [4.69, 9.17) is 0 Å². The molecule has 0 aliphatic carbocycles. The van der Waals surface area contributed by atoms with Crippen LogP contribution in [0.15, 0.2) is 0 Å². The van der Waals surface area contributed by atoms with Crippen LogP contribution in [0, 0.1) is 5.92 Å². The van der Waals surface area contributed by atoms with Crippen LogP contribution in [-0.4, -0.2) is 99.8 Å². The Kier molecular flexibility index (Phi) is 6.10. The first kappa shape index (κ1) is 16.7. The first-order valence-corrected chi connectivity index (χ1v) is 9.28. The van der Waals surface area contributed by atoms with Crippen molar-refractivity contribution in [2.75, 3.05) is 73.0 Å². The lowest BCUT2D eigenvalue weighted by Crippen LogP contribution is -2.58. The van der Waals surface area contributed by atoms with Gasteiger partial charge >= 0.3 is 0 Å². The summed E-state index contributed by atoms with van der Waals surface area (Å²) in [6, 6.07) is 1.54. The number of piperazine rings is 1. The van der Waals surface area contributed by atoms with Gasteiger partial charge in [-0.05, 0) is 58.9 Å². The number of piperidine rings is 2. The molecule has 2 atom stereocenters. The number of hydrogen-bond acceptors (Lipinski definition) is 5. The van der Waals surface area contributed by atoms with Gasteiger partial charge in [0.25, 0.3) is 0 Å². The third-order valence-electron chi connectivity index (χ3n) is 6.04. The van der Waals surface area contributed by atoms with E-state index in [-0.39, 0.29) is 0 Å². The van der Waals surface area contributed by atoms with Crippen LogP contribution in [0.1, 0.15) is 19.3 Å². The number of hydrogen-bond donors (Lipinski definition) is 2. The Morgan fingerprint density at radius 2 is 1.68 bits per heavy atom. The fourth-order valence-electron chi connectivity index (χ4n) is 4.51. The van der Waals surface area contributed by atoms with Gasteiger partial charge in [0.1, 0.15) is 0 Å². The summed E-state index contributed by atoms with van der Waals surface area (Å²) in [5.41, 5.74) is 0. The van der Waals surface area contributed by atoms with E-state index in [9.17, 15) is 0 Å². The Bertz CT molecular complexity index is 323. The maximum absolute atomic E-state index is 3.63. The molecule has 0 aromatic heterocycles. The minimum atomic E-state index is 0.740. The molecular weight excluding hydrogens is 274 g/mol. The molecule has 3 fully saturated rings. The normalized spacial score (nSPS) is 33.4. The highest BCUT2D eigenvalue weighted by atomic mass is 15.2. The average Bonchev–Trinajstić information content (AvgIpc) is 2.57. The second-order valence-electron chi connectivity index (χ2n) is 7.58. The molecule has 5 nitrogen and oxygen atoms in total. The van der Waals surface area contributed by atoms with Crippen molar-refractivity contribution in [1.82, 2.24) is 25.3 Å². The summed E-state index contributed by atoms with van der Waals surface area (Å²) in [6.07, 6.45) is 4.03. The quantitative estimate of drug-likeness (QED) is 0.758. The molecule has 3 aliphatic rings. The summed E-state index contributed by atoms with van der Waals surface area (Å²) in [6.45, 7) is 11.0. The Hall–Kier alpha value is -0.200. The van der Waals surface area contributed by atoms with E-state index in [1.807, 2.05) is 0 Å². The van der Waals surface area contributed by atoms with E-state index >= 15 is 0 Å². The minimum Gasteiger partial charge on any atom is -0.315 e. The van der Waals surface area contributed by atoms with Gasteiger partial charge in [-0.1, -0.05) is 0 Å². The molecule has 3 saturated heterocycles. The molecule has 3 aliphatic heterocycles. The highest BCUT2D eigenvalue weighted by molar-refractivity contribution is 4.90. The van der Waals surface area contributed by atoms with Crippen LogP contribution in [0.3, 0.4) is 0 Å². The third kappa shape index (κ3) is 4.20. The molecule has 0 radical (unpaired) electrons. The molecule has 0 amide bonds. The molecule has 0 aromatic rings. The second-order valence-corrected chi connectivity index (χ2v) is 7.58. The van der Waals surface area contributed by atoms with Crippen molar-refractivity contribution in [2.24, 2.45) is 5.92 Å². The summed E-state index contributed by atoms with van der Waals surface area (Å²) in [5.74, 6) is 0.837. The van der Waals surface area contributed by atoms with E-state index in [2.05, 4.69) is 39.4 Å². The van der Waals surface area contributed by atoms with Crippen LogP contribution in [0.5, 0.6) is 0 Å². The molecule has 5 heteroatoms. The smallest absolute Gasteiger partial charge is 0.0262 e. The fourth-order valence-corrected chi connectivity index (χ4v) is 4.51. The van der Waals surface area contributed by atoms with E-state index < -0.39 is 0 Å². The molecule has 0 aromatic carbocycles. The van der Waals surface area contributed by atoms with Gasteiger partial charge in [0.15, 0.2) is 0 Å². The van der Waals surface area contributed by atoms with E-state index in [0.29, 0.717) is 0 Å². The van der Waals surface area contributed by atoms with Gasteiger partial charge in [-0.15, -0.1) is 0 Å². The summed E-state index contributed by atoms with van der Waals surface area (Å²) < 4.78 is 0. The van der Waals surface area contributed by atoms with Gasteiger partial charge in [0.2, 0.25) is 0 Å². The lowest BCUT2D eigenvalue weighted by molar-refractivity contribution is 0.0609. The molecule has 3 heterocycles. The van der Waals surface area contributed by atoms with Gasteiger partial charge < -0.3 is 20.4 Å². The molecule has 128 valence electrons. The number of rotatable bonds is 4. The minimum absolute atomic E-state index is 0.740. The van der Waals surface area contributed by atoms with Crippen LogP contribution in [0.2, 0.25) is 0 Å². The largest absolute Gasteiger partial charge is 0.315 e. The van der Waals surface area contributed by atoms with Crippen molar-refractivity contribution in [3.8, 4) is 0 Å². The van der Waals surface area contributed by atoms with E-state index in [1.54, 1.807) is 0 Å². The van der Waals surface area contributed by atoms with Gasteiger partial charge in [0, 0.05) is 51.4 Å². The molecule has 3 rings (SSSR count). The van der Waals surface area contributed by atoms with Crippen LogP contribution in [0.25, 0.3) is 0 Å². The third-order valence-corrected chi connectivity index (χ3v) is 6.04. The van der Waals surface area contributed by atoms with E-state index in [0.717, 1.165) is 31.1 Å². The van der Waals surface area contributed by atoms with Crippen molar-refractivity contribution >= 4 is 0 Å². The van der Waals surface area contributed by atoms with E-state index in [1.165, 1.54) is 65.1 Å². The summed E-state index contributed by atoms with van der Waals surface area (Å²) in [5, 5.41) is 7.12. The summed E-state index contributed by atoms with van der Waals surface area (Å²) >= 11 is 0. The Balaban J connectivity index is 1.54. The molecule has 2 unspecified atom stereocenters. The zero-order valence-corrected chi connectivity index (χ0v) is 14.6. The van der Waals surface area contributed by atoms with Crippen LogP contribution in [0.4, 0.5) is 0 Å². The van der Waals surface area contributed by atoms with Gasteiger partial charge in [-0.2, -0.15) is 0 Å². The van der Waals surface area contributed by atoms with Crippen molar-refractivity contribution in [3.63, 3.8) is 0 Å². The van der Waals surface area contributed by atoms with Gasteiger partial charge in [-0.3, -0.25) is 4.90 Å². The second kappa shape index (κ2) is 8.06. The fraction of sp³-hybridized carbons (Fsp3) is 1.00. The maximum Gasteiger partial charge on any atom is 0.0262 e. The van der Waals surface area contributed by atoms with Gasteiger partial charge in [0.05, 0.1) is 0 Å². The predicted molar refractivity (Wildman–Crippen MR) is 92.4 cm³/mol.